The number of likely N-dealkylation sites (tertiary alicyclic amines) is 1. The van der Waals surface area contributed by atoms with Crippen molar-refractivity contribution in [2.75, 3.05) is 6.54 Å². The van der Waals surface area contributed by atoms with Crippen LogP contribution in [-0.2, 0) is 18.3 Å². The molecule has 3 rings (SSSR count). The second kappa shape index (κ2) is 6.14. The van der Waals surface area contributed by atoms with Crippen molar-refractivity contribution in [2.24, 2.45) is 7.05 Å². The monoisotopic (exact) mass is 317 g/mol. The minimum atomic E-state index is 0.00448. The van der Waals surface area contributed by atoms with E-state index >= 15 is 0 Å². The van der Waals surface area contributed by atoms with Crippen LogP contribution in [0.15, 0.2) is 4.63 Å². The van der Waals surface area contributed by atoms with Crippen LogP contribution in [0, 0.1) is 20.8 Å². The largest absolute Gasteiger partial charge is 0.334 e. The van der Waals surface area contributed by atoms with E-state index in [9.17, 15) is 4.79 Å². The Morgan fingerprint density at radius 1 is 1.26 bits per heavy atom. The molecule has 1 atom stereocenters. The molecule has 1 amide bonds. The maximum absolute atomic E-state index is 12.7. The topological polar surface area (TPSA) is 77.1 Å². The van der Waals surface area contributed by atoms with Gasteiger partial charge in [0.05, 0.1) is 11.7 Å². The summed E-state index contributed by atoms with van der Waals surface area (Å²) in [6, 6.07) is 0.00448. The quantitative estimate of drug-likeness (QED) is 0.862. The van der Waals surface area contributed by atoms with Crippen molar-refractivity contribution in [2.45, 2.75) is 52.5 Å². The number of aromatic nitrogens is 4. The van der Waals surface area contributed by atoms with Crippen LogP contribution in [-0.4, -0.2) is 37.4 Å². The van der Waals surface area contributed by atoms with Crippen LogP contribution in [0.3, 0.4) is 0 Å². The second-order valence-electron chi connectivity index (χ2n) is 6.25. The predicted octanol–water partition coefficient (Wildman–Crippen LogP) is 2.02. The first-order chi connectivity index (χ1) is 11.0. The Hall–Kier alpha value is -2.18. The van der Waals surface area contributed by atoms with Gasteiger partial charge in [-0.3, -0.25) is 9.48 Å². The summed E-state index contributed by atoms with van der Waals surface area (Å²) in [5.74, 6) is 0.164. The predicted molar refractivity (Wildman–Crippen MR) is 83.7 cm³/mol. The van der Waals surface area contributed by atoms with Crippen molar-refractivity contribution in [3.8, 4) is 0 Å². The highest BCUT2D eigenvalue weighted by atomic mass is 16.6. The van der Waals surface area contributed by atoms with Crippen molar-refractivity contribution in [1.82, 2.24) is 25.0 Å². The maximum atomic E-state index is 12.7. The second-order valence-corrected chi connectivity index (χ2v) is 6.25. The van der Waals surface area contributed by atoms with E-state index in [4.69, 9.17) is 4.63 Å². The molecule has 0 N–H and O–H groups in total. The molecular weight excluding hydrogens is 294 g/mol. The molecule has 7 heteroatoms. The van der Waals surface area contributed by atoms with Gasteiger partial charge in [0.1, 0.15) is 11.4 Å². The van der Waals surface area contributed by atoms with E-state index in [1.54, 1.807) is 0 Å². The van der Waals surface area contributed by atoms with E-state index in [0.717, 1.165) is 48.6 Å². The standard InChI is InChI=1S/C16H23N5O2/c1-10-13(12(3)20(4)17-10)7-8-15(22)21-9-5-6-14(21)16-11(2)18-23-19-16/h14H,5-9H2,1-4H3/t14-/m0/s1. The maximum Gasteiger partial charge on any atom is 0.223 e. The molecule has 124 valence electrons. The minimum Gasteiger partial charge on any atom is -0.334 e. The average Bonchev–Trinajstić information content (AvgIpc) is 3.19. The summed E-state index contributed by atoms with van der Waals surface area (Å²) in [6.45, 7) is 6.69. The van der Waals surface area contributed by atoms with E-state index in [-0.39, 0.29) is 11.9 Å². The van der Waals surface area contributed by atoms with Gasteiger partial charge in [0.25, 0.3) is 0 Å². The summed E-state index contributed by atoms with van der Waals surface area (Å²) in [7, 11) is 1.94. The van der Waals surface area contributed by atoms with Crippen LogP contribution < -0.4 is 0 Å². The summed E-state index contributed by atoms with van der Waals surface area (Å²) < 4.78 is 6.67. The first-order valence-corrected chi connectivity index (χ1v) is 8.06. The number of hydrogen-bond acceptors (Lipinski definition) is 5. The van der Waals surface area contributed by atoms with E-state index in [1.165, 1.54) is 5.56 Å². The fourth-order valence-corrected chi connectivity index (χ4v) is 3.44. The molecule has 1 aliphatic rings. The molecule has 0 aliphatic carbocycles. The first-order valence-electron chi connectivity index (χ1n) is 8.06. The SMILES string of the molecule is Cc1nonc1[C@@H]1CCCN1C(=O)CCc1c(C)nn(C)c1C. The van der Waals surface area contributed by atoms with Crippen LogP contribution in [0.2, 0.25) is 0 Å². The zero-order chi connectivity index (χ0) is 16.6. The third kappa shape index (κ3) is 2.87. The van der Waals surface area contributed by atoms with Gasteiger partial charge in [0.15, 0.2) is 0 Å². The van der Waals surface area contributed by atoms with Gasteiger partial charge in [0.2, 0.25) is 5.91 Å². The van der Waals surface area contributed by atoms with Crippen LogP contribution in [0.4, 0.5) is 0 Å². The van der Waals surface area contributed by atoms with Crippen molar-refractivity contribution < 1.29 is 9.42 Å². The van der Waals surface area contributed by atoms with Crippen molar-refractivity contribution >= 4 is 5.91 Å². The summed E-state index contributed by atoms with van der Waals surface area (Å²) >= 11 is 0. The lowest BCUT2D eigenvalue weighted by Crippen LogP contribution is -2.31. The lowest BCUT2D eigenvalue weighted by molar-refractivity contribution is -0.132. The normalized spacial score (nSPS) is 17.9. The number of aryl methyl sites for hydroxylation is 3. The molecule has 0 spiro atoms. The molecular formula is C16H23N5O2. The Kier molecular flexibility index (Phi) is 4.19. The highest BCUT2D eigenvalue weighted by Gasteiger charge is 2.33. The molecule has 2 aromatic heterocycles. The van der Waals surface area contributed by atoms with Gasteiger partial charge >= 0.3 is 0 Å². The lowest BCUT2D eigenvalue weighted by atomic mass is 10.1. The molecule has 23 heavy (non-hydrogen) atoms. The summed E-state index contributed by atoms with van der Waals surface area (Å²) in [5, 5.41) is 12.2. The summed E-state index contributed by atoms with van der Waals surface area (Å²) in [5.41, 5.74) is 4.88. The Bertz CT molecular complexity index is 718. The van der Waals surface area contributed by atoms with Crippen LogP contribution in [0.1, 0.15) is 53.6 Å². The van der Waals surface area contributed by atoms with Crippen LogP contribution >= 0.6 is 0 Å². The molecule has 1 fully saturated rings. The first kappa shape index (κ1) is 15.7. The number of nitrogens with zero attached hydrogens (tertiary/aromatic N) is 5. The number of carbonyl (C=O) groups excluding carboxylic acids is 1. The van der Waals surface area contributed by atoms with Crippen LogP contribution in [0.25, 0.3) is 0 Å². The zero-order valence-corrected chi connectivity index (χ0v) is 14.2. The van der Waals surface area contributed by atoms with Gasteiger partial charge in [-0.2, -0.15) is 5.10 Å². The Morgan fingerprint density at radius 3 is 2.65 bits per heavy atom. The molecule has 0 aromatic carbocycles. The molecule has 1 saturated heterocycles. The minimum absolute atomic E-state index is 0.00448. The third-order valence-electron chi connectivity index (χ3n) is 4.82. The van der Waals surface area contributed by atoms with Gasteiger partial charge in [-0.1, -0.05) is 10.3 Å². The molecule has 0 saturated carbocycles. The smallest absolute Gasteiger partial charge is 0.223 e. The fourth-order valence-electron chi connectivity index (χ4n) is 3.44. The van der Waals surface area contributed by atoms with Gasteiger partial charge in [-0.25, -0.2) is 4.63 Å². The summed E-state index contributed by atoms with van der Waals surface area (Å²) in [4.78, 5) is 14.6. The van der Waals surface area contributed by atoms with Gasteiger partial charge in [-0.05, 0) is 45.6 Å². The third-order valence-corrected chi connectivity index (χ3v) is 4.82. The lowest BCUT2D eigenvalue weighted by Gasteiger charge is -2.23. The van der Waals surface area contributed by atoms with Crippen LogP contribution in [0.5, 0.6) is 0 Å². The number of amides is 1. The molecule has 0 unspecified atom stereocenters. The number of rotatable bonds is 4. The van der Waals surface area contributed by atoms with Crippen molar-refractivity contribution in [3.05, 3.63) is 28.3 Å². The highest BCUT2D eigenvalue weighted by Crippen LogP contribution is 2.32. The fraction of sp³-hybridized carbons (Fsp3) is 0.625. The number of carbonyl (C=O) groups is 1. The molecule has 0 radical (unpaired) electrons. The Morgan fingerprint density at radius 2 is 2.04 bits per heavy atom. The molecule has 1 aliphatic heterocycles. The van der Waals surface area contributed by atoms with Gasteiger partial charge in [-0.15, -0.1) is 0 Å². The molecule has 7 nitrogen and oxygen atoms in total. The van der Waals surface area contributed by atoms with E-state index in [0.29, 0.717) is 6.42 Å². The summed E-state index contributed by atoms with van der Waals surface area (Å²) in [6.07, 6.45) is 3.14. The van der Waals surface area contributed by atoms with Gasteiger partial charge in [0, 0.05) is 25.7 Å². The Balaban J connectivity index is 1.69. The average molecular weight is 317 g/mol. The van der Waals surface area contributed by atoms with E-state index in [2.05, 4.69) is 15.4 Å². The molecule has 0 bridgehead atoms. The highest BCUT2D eigenvalue weighted by molar-refractivity contribution is 5.77. The van der Waals surface area contributed by atoms with Crippen molar-refractivity contribution in [1.29, 1.82) is 0 Å². The van der Waals surface area contributed by atoms with E-state index in [1.807, 2.05) is 37.4 Å². The number of hydrogen-bond donors (Lipinski definition) is 0. The van der Waals surface area contributed by atoms with E-state index < -0.39 is 0 Å². The van der Waals surface area contributed by atoms with Crippen molar-refractivity contribution in [3.63, 3.8) is 0 Å². The molecule has 3 heterocycles. The van der Waals surface area contributed by atoms with Gasteiger partial charge < -0.3 is 4.90 Å². The Labute approximate surface area is 135 Å². The molecule has 2 aromatic rings. The zero-order valence-electron chi connectivity index (χ0n) is 14.2.